The van der Waals surface area contributed by atoms with E-state index in [0.717, 1.165) is 16.8 Å². The lowest BCUT2D eigenvalue weighted by Gasteiger charge is -2.38. The maximum Gasteiger partial charge on any atom is 0.255 e. The number of carbonyl (C=O) groups excluding carboxylic acids is 1. The Labute approximate surface area is 174 Å². The van der Waals surface area contributed by atoms with Gasteiger partial charge in [0.05, 0.1) is 31.1 Å². The third-order valence-electron chi connectivity index (χ3n) is 5.24. The first kappa shape index (κ1) is 18.4. The number of likely N-dealkylation sites (tertiary alicyclic amines) is 1. The number of hydrogen-bond donors (Lipinski definition) is 0. The second kappa shape index (κ2) is 8.04. The van der Waals surface area contributed by atoms with Crippen molar-refractivity contribution in [2.75, 3.05) is 13.1 Å². The molecule has 0 unspecified atom stereocenters. The Morgan fingerprint density at radius 1 is 1.03 bits per heavy atom. The van der Waals surface area contributed by atoms with Gasteiger partial charge in [-0.25, -0.2) is 9.97 Å². The molecular weight excluding hydrogens is 378 g/mol. The molecule has 3 aromatic heterocycles. The number of hydrogen-bond acceptors (Lipinski definition) is 5. The van der Waals surface area contributed by atoms with Crippen molar-refractivity contribution in [3.8, 4) is 0 Å². The molecule has 1 aliphatic rings. The molecule has 4 aromatic rings. The van der Waals surface area contributed by atoms with E-state index in [-0.39, 0.29) is 12.0 Å². The second-order valence-corrected chi connectivity index (χ2v) is 7.43. The number of rotatable bonds is 6. The predicted octanol–water partition coefficient (Wildman–Crippen LogP) is 2.92. The van der Waals surface area contributed by atoms with Crippen LogP contribution in [0.5, 0.6) is 0 Å². The zero-order valence-electron chi connectivity index (χ0n) is 16.4. The monoisotopic (exact) mass is 399 g/mol. The number of amides is 1. The van der Waals surface area contributed by atoms with Gasteiger partial charge in [-0.2, -0.15) is 0 Å². The van der Waals surface area contributed by atoms with Crippen molar-refractivity contribution in [1.29, 1.82) is 0 Å². The Morgan fingerprint density at radius 3 is 2.67 bits per heavy atom. The highest BCUT2D eigenvalue weighted by Gasteiger charge is 2.32. The molecule has 1 aromatic carbocycles. The first-order chi connectivity index (χ1) is 14.8. The van der Waals surface area contributed by atoms with Gasteiger partial charge in [-0.1, -0.05) is 36.4 Å². The molecule has 0 radical (unpaired) electrons. The van der Waals surface area contributed by atoms with Gasteiger partial charge in [0, 0.05) is 31.7 Å². The molecule has 7 heteroatoms. The molecule has 0 aliphatic carbocycles. The molecule has 1 fully saturated rings. The smallest absolute Gasteiger partial charge is 0.255 e. The summed E-state index contributed by atoms with van der Waals surface area (Å²) in [5, 5.41) is 0. The summed E-state index contributed by atoms with van der Waals surface area (Å²) in [5.74, 6) is -0.0363. The van der Waals surface area contributed by atoms with Crippen LogP contribution in [0.4, 0.5) is 0 Å². The Hall–Kier alpha value is -3.58. The van der Waals surface area contributed by atoms with Gasteiger partial charge in [0.15, 0.2) is 5.65 Å². The molecular formula is C23H21N5O2. The normalized spacial score (nSPS) is 14.1. The lowest BCUT2D eigenvalue weighted by atomic mass is 10.1. The van der Waals surface area contributed by atoms with Crippen LogP contribution in [0.2, 0.25) is 0 Å². The number of carbonyl (C=O) groups is 1. The zero-order valence-corrected chi connectivity index (χ0v) is 16.4. The molecule has 150 valence electrons. The quantitative estimate of drug-likeness (QED) is 0.498. The predicted molar refractivity (Wildman–Crippen MR) is 112 cm³/mol. The maximum absolute atomic E-state index is 12.8. The first-order valence-corrected chi connectivity index (χ1v) is 9.91. The molecule has 0 bridgehead atoms. The van der Waals surface area contributed by atoms with Crippen molar-refractivity contribution in [2.45, 2.75) is 19.3 Å². The molecule has 0 N–H and O–H groups in total. The third kappa shape index (κ3) is 3.79. The topological polar surface area (TPSA) is 73.1 Å². The van der Waals surface area contributed by atoms with Crippen LogP contribution in [0, 0.1) is 0 Å². The average molecular weight is 399 g/mol. The van der Waals surface area contributed by atoms with Crippen molar-refractivity contribution in [3.05, 3.63) is 90.1 Å². The van der Waals surface area contributed by atoms with Crippen molar-refractivity contribution < 1.29 is 9.53 Å². The van der Waals surface area contributed by atoms with E-state index in [1.807, 2.05) is 59.3 Å². The van der Waals surface area contributed by atoms with Gasteiger partial charge in [0.25, 0.3) is 5.91 Å². The summed E-state index contributed by atoms with van der Waals surface area (Å²) in [6, 6.07) is 15.8. The Morgan fingerprint density at radius 2 is 1.87 bits per heavy atom. The summed E-state index contributed by atoms with van der Waals surface area (Å²) < 4.78 is 7.84. The molecule has 7 nitrogen and oxygen atoms in total. The summed E-state index contributed by atoms with van der Waals surface area (Å²) in [6.45, 7) is 2.39. The van der Waals surface area contributed by atoms with E-state index in [9.17, 15) is 4.79 Å². The van der Waals surface area contributed by atoms with Crippen LogP contribution >= 0.6 is 0 Å². The standard InChI is InChI=1S/C23H21N5O2/c29-23(27-13-20(14-27)30-15-17-5-2-1-3-6-17)19-9-21-22(25-11-19)28(16-26-21)12-18-7-4-8-24-10-18/h1-11,16,20H,12-15H2. The minimum Gasteiger partial charge on any atom is -0.370 e. The Kier molecular flexibility index (Phi) is 4.94. The summed E-state index contributed by atoms with van der Waals surface area (Å²) in [7, 11) is 0. The molecule has 5 rings (SSSR count). The highest BCUT2D eigenvalue weighted by Crippen LogP contribution is 2.20. The van der Waals surface area contributed by atoms with Crippen molar-refractivity contribution >= 4 is 17.1 Å². The number of benzene rings is 1. The van der Waals surface area contributed by atoms with Gasteiger partial charge in [0.2, 0.25) is 0 Å². The lowest BCUT2D eigenvalue weighted by Crippen LogP contribution is -2.54. The summed E-state index contributed by atoms with van der Waals surface area (Å²) in [5.41, 5.74) is 4.22. The van der Waals surface area contributed by atoms with Gasteiger partial charge in [-0.15, -0.1) is 0 Å². The van der Waals surface area contributed by atoms with E-state index in [0.29, 0.717) is 37.3 Å². The van der Waals surface area contributed by atoms with Crippen LogP contribution < -0.4 is 0 Å². The summed E-state index contributed by atoms with van der Waals surface area (Å²) in [6.07, 6.45) is 7.02. The number of ether oxygens (including phenoxy) is 1. The lowest BCUT2D eigenvalue weighted by molar-refractivity contribution is -0.0503. The fourth-order valence-corrected chi connectivity index (χ4v) is 3.55. The Balaban J connectivity index is 1.21. The molecule has 4 heterocycles. The fraction of sp³-hybridized carbons (Fsp3) is 0.217. The Bertz CT molecular complexity index is 1150. The maximum atomic E-state index is 12.8. The third-order valence-corrected chi connectivity index (χ3v) is 5.24. The molecule has 30 heavy (non-hydrogen) atoms. The highest BCUT2D eigenvalue weighted by atomic mass is 16.5. The van der Waals surface area contributed by atoms with Gasteiger partial charge in [0.1, 0.15) is 5.52 Å². The average Bonchev–Trinajstić information content (AvgIpc) is 3.16. The largest absolute Gasteiger partial charge is 0.370 e. The molecule has 0 saturated carbocycles. The number of aromatic nitrogens is 4. The molecule has 0 spiro atoms. The van der Waals surface area contributed by atoms with Crippen molar-refractivity contribution in [3.63, 3.8) is 0 Å². The molecule has 0 atom stereocenters. The minimum absolute atomic E-state index is 0.0363. The second-order valence-electron chi connectivity index (χ2n) is 7.43. The SMILES string of the molecule is O=C(c1cnc2c(c1)ncn2Cc1cccnc1)N1CC(OCc2ccccc2)C1. The number of nitrogens with zero attached hydrogens (tertiary/aromatic N) is 5. The van der Waals surface area contributed by atoms with Gasteiger partial charge < -0.3 is 14.2 Å². The molecule has 1 aliphatic heterocycles. The number of pyridine rings is 2. The van der Waals surface area contributed by atoms with E-state index in [2.05, 4.69) is 15.0 Å². The highest BCUT2D eigenvalue weighted by molar-refractivity contribution is 5.96. The van der Waals surface area contributed by atoms with Gasteiger partial charge in [-0.3, -0.25) is 9.78 Å². The molecule has 1 amide bonds. The van der Waals surface area contributed by atoms with Crippen LogP contribution in [0.25, 0.3) is 11.2 Å². The van der Waals surface area contributed by atoms with E-state index < -0.39 is 0 Å². The van der Waals surface area contributed by atoms with Gasteiger partial charge >= 0.3 is 0 Å². The zero-order chi connectivity index (χ0) is 20.3. The van der Waals surface area contributed by atoms with Crippen molar-refractivity contribution in [1.82, 2.24) is 24.4 Å². The number of fused-ring (bicyclic) bond motifs is 1. The summed E-state index contributed by atoms with van der Waals surface area (Å²) in [4.78, 5) is 27.6. The minimum atomic E-state index is -0.0363. The van der Waals surface area contributed by atoms with Crippen LogP contribution in [0.15, 0.2) is 73.4 Å². The van der Waals surface area contributed by atoms with Crippen LogP contribution in [0.1, 0.15) is 21.5 Å². The van der Waals surface area contributed by atoms with E-state index in [1.54, 1.807) is 23.6 Å². The molecule has 1 saturated heterocycles. The van der Waals surface area contributed by atoms with E-state index >= 15 is 0 Å². The van der Waals surface area contributed by atoms with E-state index in [1.165, 1.54) is 0 Å². The fourth-order valence-electron chi connectivity index (χ4n) is 3.55. The van der Waals surface area contributed by atoms with Crippen molar-refractivity contribution in [2.24, 2.45) is 0 Å². The van der Waals surface area contributed by atoms with Crippen LogP contribution in [0.3, 0.4) is 0 Å². The van der Waals surface area contributed by atoms with Crippen LogP contribution in [-0.2, 0) is 17.9 Å². The van der Waals surface area contributed by atoms with E-state index in [4.69, 9.17) is 4.74 Å². The first-order valence-electron chi connectivity index (χ1n) is 9.91. The van der Waals surface area contributed by atoms with Crippen LogP contribution in [-0.4, -0.2) is 49.5 Å². The number of imidazole rings is 1. The van der Waals surface area contributed by atoms with Gasteiger partial charge in [-0.05, 0) is 23.3 Å². The summed E-state index contributed by atoms with van der Waals surface area (Å²) >= 11 is 0.